The Balaban J connectivity index is 0.000000244. The van der Waals surface area contributed by atoms with Crippen LogP contribution in [-0.4, -0.2) is 24.4 Å². The Morgan fingerprint density at radius 3 is 1.64 bits per heavy atom. The molecule has 0 aliphatic heterocycles. The number of carbonyl (C=O) groups is 3. The van der Waals surface area contributed by atoms with E-state index < -0.39 is 0 Å². The van der Waals surface area contributed by atoms with Gasteiger partial charge in [-0.25, -0.2) is 0 Å². The van der Waals surface area contributed by atoms with Crippen LogP contribution < -0.4 is 22.1 Å². The largest absolute Gasteiger partial charge is 0.465 e. The van der Waals surface area contributed by atoms with Crippen LogP contribution in [0.1, 0.15) is 88.5 Å². The summed E-state index contributed by atoms with van der Waals surface area (Å²) in [6, 6.07) is 23.8. The Kier molecular flexibility index (Phi) is 11.8. The van der Waals surface area contributed by atoms with Crippen LogP contribution in [0.5, 0.6) is 0 Å². The van der Waals surface area contributed by atoms with E-state index in [1.54, 1.807) is 13.8 Å². The molecule has 1 unspecified atom stereocenters. The number of nitrogens with one attached hydrogen (secondary N) is 2. The van der Waals surface area contributed by atoms with Crippen LogP contribution in [0, 0.1) is 0 Å². The second-order valence-electron chi connectivity index (χ2n) is 11.4. The van der Waals surface area contributed by atoms with Gasteiger partial charge >= 0.3 is 5.97 Å². The standard InChI is InChI=1S/C24H28N2O4.C13H12N2.C2H6/c1-4-7-23(28)26-16-9-11-18-17-10-8-15(25-22(27)5-2)12-19(17)21(20(18)13-16)14-30-24(29)6-3;14-10-1-3-12-8(6-10)5-9-7-11(15)2-4-13(9)12;1-2/h8-13,21H,4-7,14H2,1-3H3,(H,25,27)(H,26,28);1-4,6-7H,5,14-15H2;1-2H3. The van der Waals surface area contributed by atoms with Crippen molar-refractivity contribution in [2.75, 3.05) is 28.7 Å². The second kappa shape index (κ2) is 15.9. The number of ether oxygens (including phenoxy) is 1. The van der Waals surface area contributed by atoms with Gasteiger partial charge in [0.25, 0.3) is 0 Å². The van der Waals surface area contributed by atoms with Crippen molar-refractivity contribution < 1.29 is 19.1 Å². The molecule has 0 heterocycles. The number of amides is 2. The van der Waals surface area contributed by atoms with Gasteiger partial charge in [0.2, 0.25) is 11.8 Å². The zero-order valence-corrected chi connectivity index (χ0v) is 28.0. The molecule has 0 spiro atoms. The van der Waals surface area contributed by atoms with Crippen LogP contribution in [0.3, 0.4) is 0 Å². The number of fused-ring (bicyclic) bond motifs is 6. The molecule has 4 aromatic carbocycles. The lowest BCUT2D eigenvalue weighted by Crippen LogP contribution is -2.14. The number of hydrogen-bond acceptors (Lipinski definition) is 6. The van der Waals surface area contributed by atoms with E-state index in [-0.39, 0.29) is 30.3 Å². The normalized spacial score (nSPS) is 12.9. The summed E-state index contributed by atoms with van der Waals surface area (Å²) in [5, 5.41) is 5.83. The van der Waals surface area contributed by atoms with E-state index in [1.807, 2.05) is 81.4 Å². The van der Waals surface area contributed by atoms with Gasteiger partial charge in [-0.15, -0.1) is 0 Å². The summed E-state index contributed by atoms with van der Waals surface area (Å²) in [6.45, 7) is 9.74. The van der Waals surface area contributed by atoms with E-state index in [4.69, 9.17) is 16.2 Å². The maximum Gasteiger partial charge on any atom is 0.305 e. The van der Waals surface area contributed by atoms with Crippen molar-refractivity contribution in [1.29, 1.82) is 0 Å². The predicted octanol–water partition coefficient (Wildman–Crippen LogP) is 8.29. The van der Waals surface area contributed by atoms with Gasteiger partial charge in [0.15, 0.2) is 0 Å². The monoisotopic (exact) mass is 634 g/mol. The van der Waals surface area contributed by atoms with Crippen LogP contribution in [0.2, 0.25) is 0 Å². The minimum atomic E-state index is -0.257. The summed E-state index contributed by atoms with van der Waals surface area (Å²) in [7, 11) is 0. The maximum absolute atomic E-state index is 12.0. The van der Waals surface area contributed by atoms with Gasteiger partial charge in [-0.1, -0.05) is 58.9 Å². The summed E-state index contributed by atoms with van der Waals surface area (Å²) >= 11 is 0. The lowest BCUT2D eigenvalue weighted by atomic mass is 9.97. The third-order valence-corrected chi connectivity index (χ3v) is 8.14. The summed E-state index contributed by atoms with van der Waals surface area (Å²) in [5.74, 6) is -0.494. The van der Waals surface area contributed by atoms with Gasteiger partial charge in [-0.2, -0.15) is 0 Å². The molecule has 8 nitrogen and oxygen atoms in total. The summed E-state index contributed by atoms with van der Waals surface area (Å²) in [6.07, 6.45) is 2.90. The molecular weight excluding hydrogens is 588 g/mol. The predicted molar refractivity (Wildman–Crippen MR) is 192 cm³/mol. The maximum atomic E-state index is 12.0. The number of anilines is 4. The van der Waals surface area contributed by atoms with E-state index in [1.165, 1.54) is 22.3 Å². The van der Waals surface area contributed by atoms with E-state index in [0.717, 1.165) is 57.8 Å². The first-order chi connectivity index (χ1) is 22.7. The zero-order valence-electron chi connectivity index (χ0n) is 28.0. The Hall–Kier alpha value is -5.11. The topological polar surface area (TPSA) is 137 Å². The van der Waals surface area contributed by atoms with Gasteiger partial charge in [-0.05, 0) is 106 Å². The van der Waals surface area contributed by atoms with Crippen LogP contribution in [-0.2, 0) is 25.5 Å². The van der Waals surface area contributed by atoms with Crippen molar-refractivity contribution in [3.63, 3.8) is 0 Å². The first-order valence-electron chi connectivity index (χ1n) is 16.5. The third-order valence-electron chi connectivity index (χ3n) is 8.14. The first kappa shape index (κ1) is 34.8. The quantitative estimate of drug-likeness (QED) is 0.100. The van der Waals surface area contributed by atoms with E-state index in [2.05, 4.69) is 22.8 Å². The fraction of sp³-hybridized carbons (Fsp3) is 0.308. The molecule has 246 valence electrons. The molecule has 6 rings (SSSR count). The molecule has 4 aromatic rings. The molecule has 2 aliphatic carbocycles. The number of carbonyl (C=O) groups excluding carboxylic acids is 3. The minimum Gasteiger partial charge on any atom is -0.465 e. The summed E-state index contributed by atoms with van der Waals surface area (Å²) in [5.41, 5.74) is 23.9. The van der Waals surface area contributed by atoms with Crippen molar-refractivity contribution in [1.82, 2.24) is 0 Å². The lowest BCUT2D eigenvalue weighted by Gasteiger charge is -2.16. The Morgan fingerprint density at radius 2 is 1.17 bits per heavy atom. The Labute approximate surface area is 277 Å². The number of hydrogen-bond donors (Lipinski definition) is 4. The van der Waals surface area contributed by atoms with E-state index >= 15 is 0 Å². The third kappa shape index (κ3) is 8.19. The number of rotatable bonds is 8. The number of esters is 1. The van der Waals surface area contributed by atoms with Gasteiger partial charge in [0.1, 0.15) is 6.61 Å². The van der Waals surface area contributed by atoms with Crippen molar-refractivity contribution in [3.8, 4) is 22.3 Å². The smallest absolute Gasteiger partial charge is 0.305 e. The summed E-state index contributed by atoms with van der Waals surface area (Å²) in [4.78, 5) is 35.6. The molecule has 0 fully saturated rings. The number of nitrogens with two attached hydrogens (primary N) is 2. The van der Waals surface area contributed by atoms with Gasteiger partial charge in [-0.3, -0.25) is 14.4 Å². The van der Waals surface area contributed by atoms with Crippen LogP contribution in [0.25, 0.3) is 22.3 Å². The van der Waals surface area contributed by atoms with Crippen molar-refractivity contribution in [3.05, 3.63) is 95.1 Å². The Bertz CT molecular complexity index is 1710. The molecule has 6 N–H and O–H groups in total. The summed E-state index contributed by atoms with van der Waals surface area (Å²) < 4.78 is 5.48. The molecule has 0 saturated heterocycles. The molecule has 8 heteroatoms. The fourth-order valence-electron chi connectivity index (χ4n) is 5.92. The van der Waals surface area contributed by atoms with Crippen LogP contribution in [0.4, 0.5) is 22.7 Å². The van der Waals surface area contributed by atoms with Crippen molar-refractivity contribution in [2.24, 2.45) is 0 Å². The highest BCUT2D eigenvalue weighted by Crippen LogP contribution is 2.47. The SMILES string of the molecule is CC.CCCC(=O)Nc1ccc2c(c1)C(COC(=O)CC)c1cc(NC(=O)CC)ccc1-2.Nc1ccc2c(c1)Cc1cc(N)ccc1-2. The molecule has 2 amide bonds. The van der Waals surface area contributed by atoms with Gasteiger partial charge < -0.3 is 26.8 Å². The highest BCUT2D eigenvalue weighted by Gasteiger charge is 2.30. The van der Waals surface area contributed by atoms with Crippen LogP contribution in [0.15, 0.2) is 72.8 Å². The minimum absolute atomic E-state index is 0.0218. The molecule has 0 saturated carbocycles. The highest BCUT2D eigenvalue weighted by molar-refractivity contribution is 5.93. The van der Waals surface area contributed by atoms with Crippen LogP contribution >= 0.6 is 0 Å². The van der Waals surface area contributed by atoms with E-state index in [0.29, 0.717) is 19.3 Å². The zero-order chi connectivity index (χ0) is 34.1. The molecule has 0 aromatic heterocycles. The van der Waals surface area contributed by atoms with Crippen molar-refractivity contribution in [2.45, 2.75) is 72.6 Å². The van der Waals surface area contributed by atoms with E-state index in [9.17, 15) is 14.4 Å². The average Bonchev–Trinajstić information content (AvgIpc) is 3.57. The van der Waals surface area contributed by atoms with Gasteiger partial charge in [0, 0.05) is 47.9 Å². The molecule has 47 heavy (non-hydrogen) atoms. The molecular formula is C39H46N4O4. The first-order valence-corrected chi connectivity index (χ1v) is 16.5. The number of nitrogen functional groups attached to an aromatic ring is 2. The van der Waals surface area contributed by atoms with Crippen molar-refractivity contribution >= 4 is 40.5 Å². The highest BCUT2D eigenvalue weighted by atomic mass is 16.5. The average molecular weight is 635 g/mol. The molecule has 0 radical (unpaired) electrons. The lowest BCUT2D eigenvalue weighted by molar-refractivity contribution is -0.143. The Morgan fingerprint density at radius 1 is 0.681 bits per heavy atom. The molecule has 0 bridgehead atoms. The second-order valence-corrected chi connectivity index (χ2v) is 11.4. The fourth-order valence-corrected chi connectivity index (χ4v) is 5.92. The number of benzene rings is 4. The molecule has 1 atom stereocenters. The van der Waals surface area contributed by atoms with Gasteiger partial charge in [0.05, 0.1) is 0 Å². The molecule has 2 aliphatic rings.